The van der Waals surface area contributed by atoms with E-state index in [1.807, 2.05) is 14.1 Å². The maximum Gasteiger partial charge on any atom is 0.237 e. The van der Waals surface area contributed by atoms with Crippen LogP contribution in [0, 0.1) is 11.3 Å². The molecule has 1 aliphatic rings. The fourth-order valence-corrected chi connectivity index (χ4v) is 3.01. The molecule has 4 heteroatoms. The quantitative estimate of drug-likeness (QED) is 0.797. The number of nitrogens with zero attached hydrogens (tertiary/aromatic N) is 1. The molecule has 112 valence electrons. The van der Waals surface area contributed by atoms with Crippen LogP contribution < -0.4 is 11.1 Å². The Morgan fingerprint density at radius 1 is 1.32 bits per heavy atom. The summed E-state index contributed by atoms with van der Waals surface area (Å²) in [6, 6.07) is 0. The third-order valence-electron chi connectivity index (χ3n) is 4.56. The Kier molecular flexibility index (Phi) is 5.39. The van der Waals surface area contributed by atoms with Crippen LogP contribution in [0.4, 0.5) is 0 Å². The van der Waals surface area contributed by atoms with E-state index in [1.54, 1.807) is 0 Å². The van der Waals surface area contributed by atoms with Gasteiger partial charge < -0.3 is 16.0 Å². The number of primary amides is 1. The molecule has 0 aromatic rings. The Bertz CT molecular complexity index is 299. The van der Waals surface area contributed by atoms with Gasteiger partial charge in [0.15, 0.2) is 0 Å². The summed E-state index contributed by atoms with van der Waals surface area (Å²) >= 11 is 0. The van der Waals surface area contributed by atoms with Crippen molar-refractivity contribution >= 4 is 5.91 Å². The normalized spacial score (nSPS) is 28.6. The lowest BCUT2D eigenvalue weighted by Gasteiger charge is -2.43. The van der Waals surface area contributed by atoms with E-state index in [4.69, 9.17) is 5.73 Å². The number of nitrogens with two attached hydrogens (primary N) is 1. The Morgan fingerprint density at radius 3 is 2.21 bits per heavy atom. The van der Waals surface area contributed by atoms with Crippen molar-refractivity contribution in [2.45, 2.75) is 52.0 Å². The van der Waals surface area contributed by atoms with Gasteiger partial charge in [0.25, 0.3) is 0 Å². The van der Waals surface area contributed by atoms with Crippen LogP contribution in [0.3, 0.4) is 0 Å². The second kappa shape index (κ2) is 6.23. The highest BCUT2D eigenvalue weighted by Gasteiger charge is 2.42. The van der Waals surface area contributed by atoms with Gasteiger partial charge in [-0.05, 0) is 51.1 Å². The van der Waals surface area contributed by atoms with Crippen LogP contribution in [-0.2, 0) is 4.79 Å². The highest BCUT2D eigenvalue weighted by molar-refractivity contribution is 5.84. The molecule has 0 atom stereocenters. The van der Waals surface area contributed by atoms with Crippen LogP contribution >= 0.6 is 0 Å². The average molecular weight is 269 g/mol. The molecule has 1 aliphatic carbocycles. The second-order valence-corrected chi connectivity index (χ2v) is 7.32. The monoisotopic (exact) mass is 269 g/mol. The zero-order chi connectivity index (χ0) is 14.7. The number of carbonyl (C=O) groups excluding carboxylic acids is 1. The number of carbonyl (C=O) groups is 1. The largest absolute Gasteiger partial charge is 0.368 e. The van der Waals surface area contributed by atoms with E-state index in [9.17, 15) is 4.79 Å². The van der Waals surface area contributed by atoms with Crippen molar-refractivity contribution in [2.75, 3.05) is 27.2 Å². The molecule has 0 heterocycles. The lowest BCUT2D eigenvalue weighted by Crippen LogP contribution is -2.58. The van der Waals surface area contributed by atoms with Crippen LogP contribution in [0.1, 0.15) is 46.5 Å². The van der Waals surface area contributed by atoms with Gasteiger partial charge in [0.2, 0.25) is 5.91 Å². The van der Waals surface area contributed by atoms with Gasteiger partial charge in [-0.25, -0.2) is 0 Å². The van der Waals surface area contributed by atoms with Crippen molar-refractivity contribution in [3.63, 3.8) is 0 Å². The summed E-state index contributed by atoms with van der Waals surface area (Å²) in [4.78, 5) is 14.0. The Hall–Kier alpha value is -0.610. The molecule has 0 aromatic heterocycles. The molecule has 0 saturated heterocycles. The van der Waals surface area contributed by atoms with E-state index < -0.39 is 5.54 Å². The third kappa shape index (κ3) is 4.46. The first-order valence-electron chi connectivity index (χ1n) is 7.37. The smallest absolute Gasteiger partial charge is 0.237 e. The third-order valence-corrected chi connectivity index (χ3v) is 4.56. The van der Waals surface area contributed by atoms with Gasteiger partial charge in [-0.1, -0.05) is 20.8 Å². The molecule has 3 N–H and O–H groups in total. The highest BCUT2D eigenvalue weighted by Crippen LogP contribution is 2.41. The average Bonchev–Trinajstić information content (AvgIpc) is 2.27. The van der Waals surface area contributed by atoms with E-state index in [-0.39, 0.29) is 5.91 Å². The molecular formula is C15H31N3O. The molecule has 1 saturated carbocycles. The molecule has 0 unspecified atom stereocenters. The zero-order valence-electron chi connectivity index (χ0n) is 13.3. The molecule has 0 bridgehead atoms. The van der Waals surface area contributed by atoms with Gasteiger partial charge >= 0.3 is 0 Å². The van der Waals surface area contributed by atoms with Gasteiger partial charge in [-0.3, -0.25) is 4.79 Å². The van der Waals surface area contributed by atoms with Crippen LogP contribution in [0.5, 0.6) is 0 Å². The number of likely N-dealkylation sites (N-methyl/N-ethyl adjacent to an activating group) is 1. The van der Waals surface area contributed by atoms with Crippen molar-refractivity contribution in [1.29, 1.82) is 0 Å². The molecule has 19 heavy (non-hydrogen) atoms. The standard InChI is InChI=1S/C15H31N3O/c1-14(2,3)12-6-8-15(9-7-12,13(16)19)17-10-11-18(4)5/h12,17H,6-11H2,1-5H3,(H2,16,19). The maximum absolute atomic E-state index is 11.9. The number of nitrogens with one attached hydrogen (secondary N) is 1. The summed E-state index contributed by atoms with van der Waals surface area (Å²) in [7, 11) is 4.07. The Labute approximate surface area is 118 Å². The van der Waals surface area contributed by atoms with E-state index in [1.165, 1.54) is 0 Å². The van der Waals surface area contributed by atoms with E-state index in [0.717, 1.165) is 38.8 Å². The zero-order valence-corrected chi connectivity index (χ0v) is 13.3. The summed E-state index contributed by atoms with van der Waals surface area (Å²) < 4.78 is 0. The molecule has 1 rings (SSSR count). The predicted molar refractivity (Wildman–Crippen MR) is 79.9 cm³/mol. The predicted octanol–water partition coefficient (Wildman–Crippen LogP) is 1.60. The van der Waals surface area contributed by atoms with Gasteiger partial charge in [-0.15, -0.1) is 0 Å². The van der Waals surface area contributed by atoms with Crippen LogP contribution in [0.2, 0.25) is 0 Å². The Morgan fingerprint density at radius 2 is 1.84 bits per heavy atom. The minimum Gasteiger partial charge on any atom is -0.368 e. The van der Waals surface area contributed by atoms with Crippen molar-refractivity contribution in [3.8, 4) is 0 Å². The number of rotatable bonds is 5. The van der Waals surface area contributed by atoms with Crippen molar-refractivity contribution in [3.05, 3.63) is 0 Å². The topological polar surface area (TPSA) is 58.4 Å². The maximum atomic E-state index is 11.9. The van der Waals surface area contributed by atoms with E-state index >= 15 is 0 Å². The van der Waals surface area contributed by atoms with Crippen LogP contribution in [-0.4, -0.2) is 43.5 Å². The van der Waals surface area contributed by atoms with Gasteiger partial charge in [0.1, 0.15) is 0 Å². The number of hydrogen-bond acceptors (Lipinski definition) is 3. The molecule has 0 aliphatic heterocycles. The first kappa shape index (κ1) is 16.4. The van der Waals surface area contributed by atoms with E-state index in [0.29, 0.717) is 11.3 Å². The summed E-state index contributed by atoms with van der Waals surface area (Å²) in [6.45, 7) is 8.60. The van der Waals surface area contributed by atoms with Gasteiger partial charge in [0, 0.05) is 13.1 Å². The molecule has 0 spiro atoms. The Balaban J connectivity index is 2.59. The van der Waals surface area contributed by atoms with Crippen molar-refractivity contribution in [2.24, 2.45) is 17.1 Å². The number of hydrogen-bond donors (Lipinski definition) is 2. The molecule has 0 radical (unpaired) electrons. The van der Waals surface area contributed by atoms with Crippen LogP contribution in [0.15, 0.2) is 0 Å². The molecule has 0 aromatic carbocycles. The summed E-state index contributed by atoms with van der Waals surface area (Å²) in [5.74, 6) is 0.509. The minimum absolute atomic E-state index is 0.182. The highest BCUT2D eigenvalue weighted by atomic mass is 16.1. The summed E-state index contributed by atoms with van der Waals surface area (Å²) in [5, 5.41) is 3.42. The van der Waals surface area contributed by atoms with Gasteiger partial charge in [0.05, 0.1) is 5.54 Å². The summed E-state index contributed by atoms with van der Waals surface area (Å²) in [6.07, 6.45) is 3.91. The fraction of sp³-hybridized carbons (Fsp3) is 0.933. The first-order valence-corrected chi connectivity index (χ1v) is 7.37. The molecule has 1 fully saturated rings. The lowest BCUT2D eigenvalue weighted by molar-refractivity contribution is -0.126. The van der Waals surface area contributed by atoms with Crippen molar-refractivity contribution in [1.82, 2.24) is 10.2 Å². The molecule has 1 amide bonds. The minimum atomic E-state index is -0.474. The molecular weight excluding hydrogens is 238 g/mol. The second-order valence-electron chi connectivity index (χ2n) is 7.32. The van der Waals surface area contributed by atoms with Crippen molar-refractivity contribution < 1.29 is 4.79 Å². The lowest BCUT2D eigenvalue weighted by atomic mass is 9.67. The SMILES string of the molecule is CN(C)CCNC1(C(N)=O)CCC(C(C)(C)C)CC1. The number of amides is 1. The van der Waals surface area contributed by atoms with E-state index in [2.05, 4.69) is 31.0 Å². The van der Waals surface area contributed by atoms with Crippen LogP contribution in [0.25, 0.3) is 0 Å². The first-order chi connectivity index (χ1) is 8.67. The van der Waals surface area contributed by atoms with Gasteiger partial charge in [-0.2, -0.15) is 0 Å². The molecule has 4 nitrogen and oxygen atoms in total. The summed E-state index contributed by atoms with van der Waals surface area (Å²) in [5.41, 5.74) is 5.51. The fourth-order valence-electron chi connectivity index (χ4n) is 3.01.